The molecule has 1 aliphatic heterocycles. The maximum absolute atomic E-state index is 11.0. The monoisotopic (exact) mass is 200 g/mol. The lowest BCUT2D eigenvalue weighted by molar-refractivity contribution is -0.146. The van der Waals surface area contributed by atoms with Gasteiger partial charge in [0.2, 0.25) is 0 Å². The highest BCUT2D eigenvalue weighted by atomic mass is 16.4. The van der Waals surface area contributed by atoms with Crippen molar-refractivity contribution in [3.8, 4) is 0 Å². The lowest BCUT2D eigenvalue weighted by Crippen LogP contribution is -2.62. The van der Waals surface area contributed by atoms with Crippen LogP contribution in [0.3, 0.4) is 0 Å². The van der Waals surface area contributed by atoms with Gasteiger partial charge in [0.15, 0.2) is 0 Å². The van der Waals surface area contributed by atoms with Crippen molar-refractivity contribution in [3.63, 3.8) is 0 Å². The molecule has 4 heteroatoms. The van der Waals surface area contributed by atoms with E-state index in [1.54, 1.807) is 0 Å². The highest BCUT2D eigenvalue weighted by Crippen LogP contribution is 2.25. The van der Waals surface area contributed by atoms with Crippen LogP contribution in [-0.2, 0) is 4.79 Å². The van der Waals surface area contributed by atoms with Crippen molar-refractivity contribution in [1.29, 1.82) is 0 Å². The van der Waals surface area contributed by atoms with Gasteiger partial charge in [-0.3, -0.25) is 9.69 Å². The van der Waals surface area contributed by atoms with E-state index in [0.29, 0.717) is 13.0 Å². The van der Waals surface area contributed by atoms with E-state index in [-0.39, 0.29) is 5.54 Å². The van der Waals surface area contributed by atoms with Crippen LogP contribution in [0.1, 0.15) is 33.6 Å². The number of hydrogen-bond acceptors (Lipinski definition) is 3. The summed E-state index contributed by atoms with van der Waals surface area (Å²) in [5.74, 6) is -0.883. The van der Waals surface area contributed by atoms with Gasteiger partial charge in [-0.1, -0.05) is 0 Å². The molecule has 0 saturated carbocycles. The molecule has 1 rings (SSSR count). The Kier molecular flexibility index (Phi) is 2.88. The Hall–Kier alpha value is -0.610. The van der Waals surface area contributed by atoms with E-state index in [0.717, 1.165) is 13.0 Å². The molecule has 3 N–H and O–H groups in total. The SMILES string of the molecule is CC(C)(C)N1CCCC(N)(C(=O)O)C1. The number of nitrogens with zero attached hydrogens (tertiary/aromatic N) is 1. The van der Waals surface area contributed by atoms with E-state index in [1.807, 2.05) is 0 Å². The standard InChI is InChI=1S/C10H20N2O2/c1-9(2,3)12-6-4-5-10(11,7-12)8(13)14/h4-7,11H2,1-3H3,(H,13,14). The second-order valence-electron chi connectivity index (χ2n) is 5.16. The van der Waals surface area contributed by atoms with Gasteiger partial charge in [0, 0.05) is 12.1 Å². The summed E-state index contributed by atoms with van der Waals surface area (Å²) in [5, 5.41) is 9.03. The Labute approximate surface area is 85.1 Å². The van der Waals surface area contributed by atoms with E-state index < -0.39 is 11.5 Å². The third kappa shape index (κ3) is 2.25. The quantitative estimate of drug-likeness (QED) is 0.652. The van der Waals surface area contributed by atoms with E-state index in [1.165, 1.54) is 0 Å². The van der Waals surface area contributed by atoms with Gasteiger partial charge in [0.25, 0.3) is 0 Å². The maximum Gasteiger partial charge on any atom is 0.325 e. The number of carbonyl (C=O) groups is 1. The Balaban J connectivity index is 2.74. The van der Waals surface area contributed by atoms with Crippen LogP contribution in [0.25, 0.3) is 0 Å². The van der Waals surface area contributed by atoms with Gasteiger partial charge in [-0.05, 0) is 40.2 Å². The molecule has 1 fully saturated rings. The van der Waals surface area contributed by atoms with Crippen LogP contribution in [0.5, 0.6) is 0 Å². The third-order valence-electron chi connectivity index (χ3n) is 2.90. The van der Waals surface area contributed by atoms with Gasteiger partial charge < -0.3 is 10.8 Å². The van der Waals surface area contributed by atoms with Crippen LogP contribution >= 0.6 is 0 Å². The number of piperidine rings is 1. The van der Waals surface area contributed by atoms with Gasteiger partial charge >= 0.3 is 5.97 Å². The van der Waals surface area contributed by atoms with Crippen molar-refractivity contribution < 1.29 is 9.90 Å². The summed E-state index contributed by atoms with van der Waals surface area (Å²) in [5.41, 5.74) is 4.80. The summed E-state index contributed by atoms with van der Waals surface area (Å²) in [6, 6.07) is 0. The Morgan fingerprint density at radius 1 is 1.50 bits per heavy atom. The number of likely N-dealkylation sites (tertiary alicyclic amines) is 1. The van der Waals surface area contributed by atoms with Crippen molar-refractivity contribution in [2.24, 2.45) is 5.73 Å². The molecule has 0 aromatic heterocycles. The minimum Gasteiger partial charge on any atom is -0.480 e. The minimum atomic E-state index is -1.05. The molecule has 0 radical (unpaired) electrons. The molecular weight excluding hydrogens is 180 g/mol. The first kappa shape index (κ1) is 11.5. The lowest BCUT2D eigenvalue weighted by atomic mass is 9.87. The van der Waals surface area contributed by atoms with Crippen LogP contribution < -0.4 is 5.73 Å². The smallest absolute Gasteiger partial charge is 0.325 e. The summed E-state index contributed by atoms with van der Waals surface area (Å²) < 4.78 is 0. The topological polar surface area (TPSA) is 66.6 Å². The fourth-order valence-electron chi connectivity index (χ4n) is 1.83. The second kappa shape index (κ2) is 3.51. The van der Waals surface area contributed by atoms with Crippen LogP contribution in [0, 0.1) is 0 Å². The van der Waals surface area contributed by atoms with Crippen molar-refractivity contribution in [2.75, 3.05) is 13.1 Å². The average Bonchev–Trinajstić information content (AvgIpc) is 2.02. The molecule has 1 saturated heterocycles. The Morgan fingerprint density at radius 2 is 2.07 bits per heavy atom. The number of hydrogen-bond donors (Lipinski definition) is 2. The maximum atomic E-state index is 11.0. The van der Waals surface area contributed by atoms with Gasteiger partial charge in [-0.2, -0.15) is 0 Å². The van der Waals surface area contributed by atoms with E-state index in [9.17, 15) is 4.79 Å². The molecule has 0 bridgehead atoms. The molecule has 0 aromatic carbocycles. The molecule has 0 amide bonds. The molecule has 1 aliphatic rings. The molecule has 1 atom stereocenters. The fourth-order valence-corrected chi connectivity index (χ4v) is 1.83. The minimum absolute atomic E-state index is 0.000486. The highest BCUT2D eigenvalue weighted by molar-refractivity contribution is 5.79. The number of aliphatic carboxylic acids is 1. The molecular formula is C10H20N2O2. The van der Waals surface area contributed by atoms with E-state index in [2.05, 4.69) is 25.7 Å². The van der Waals surface area contributed by atoms with Crippen LogP contribution in [0.15, 0.2) is 0 Å². The number of carboxylic acid groups (broad SMARTS) is 1. The van der Waals surface area contributed by atoms with Crippen molar-refractivity contribution in [2.45, 2.75) is 44.7 Å². The van der Waals surface area contributed by atoms with E-state index >= 15 is 0 Å². The zero-order valence-corrected chi connectivity index (χ0v) is 9.21. The second-order valence-corrected chi connectivity index (χ2v) is 5.16. The summed E-state index contributed by atoms with van der Waals surface area (Å²) in [7, 11) is 0. The fraction of sp³-hybridized carbons (Fsp3) is 0.900. The average molecular weight is 200 g/mol. The predicted molar refractivity (Wildman–Crippen MR) is 55.1 cm³/mol. The number of nitrogens with two attached hydrogens (primary N) is 1. The largest absolute Gasteiger partial charge is 0.480 e. The number of carboxylic acids is 1. The summed E-state index contributed by atoms with van der Waals surface area (Å²) in [4.78, 5) is 13.1. The summed E-state index contributed by atoms with van der Waals surface area (Å²) >= 11 is 0. The molecule has 0 spiro atoms. The van der Waals surface area contributed by atoms with Gasteiger partial charge in [-0.25, -0.2) is 0 Å². The predicted octanol–water partition coefficient (Wildman–Crippen LogP) is 0.663. The first-order valence-corrected chi connectivity index (χ1v) is 5.03. The van der Waals surface area contributed by atoms with Crippen molar-refractivity contribution in [1.82, 2.24) is 4.90 Å². The first-order valence-electron chi connectivity index (χ1n) is 5.03. The summed E-state index contributed by atoms with van der Waals surface area (Å²) in [6.45, 7) is 7.64. The third-order valence-corrected chi connectivity index (χ3v) is 2.90. The van der Waals surface area contributed by atoms with Crippen LogP contribution in [0.4, 0.5) is 0 Å². The first-order chi connectivity index (χ1) is 6.26. The van der Waals surface area contributed by atoms with Gasteiger partial charge in [0.05, 0.1) is 0 Å². The van der Waals surface area contributed by atoms with Crippen molar-refractivity contribution in [3.05, 3.63) is 0 Å². The summed E-state index contributed by atoms with van der Waals surface area (Å²) in [6.07, 6.45) is 1.44. The molecule has 82 valence electrons. The normalized spacial score (nSPS) is 30.3. The van der Waals surface area contributed by atoms with E-state index in [4.69, 9.17) is 10.8 Å². The lowest BCUT2D eigenvalue weighted by Gasteiger charge is -2.44. The van der Waals surface area contributed by atoms with Gasteiger partial charge in [0.1, 0.15) is 5.54 Å². The van der Waals surface area contributed by atoms with Crippen LogP contribution in [-0.4, -0.2) is 40.1 Å². The Bertz CT molecular complexity index is 235. The molecule has 14 heavy (non-hydrogen) atoms. The zero-order valence-electron chi connectivity index (χ0n) is 9.21. The zero-order chi connectivity index (χ0) is 11.0. The molecule has 0 aromatic rings. The number of rotatable bonds is 1. The molecule has 1 unspecified atom stereocenters. The molecule has 1 heterocycles. The highest BCUT2D eigenvalue weighted by Gasteiger charge is 2.41. The molecule has 0 aliphatic carbocycles. The Morgan fingerprint density at radius 3 is 2.50 bits per heavy atom. The van der Waals surface area contributed by atoms with Crippen LogP contribution in [0.2, 0.25) is 0 Å². The van der Waals surface area contributed by atoms with Crippen molar-refractivity contribution >= 4 is 5.97 Å². The molecule has 4 nitrogen and oxygen atoms in total. The van der Waals surface area contributed by atoms with Gasteiger partial charge in [-0.15, -0.1) is 0 Å².